The Labute approximate surface area is 128 Å². The fourth-order valence-electron chi connectivity index (χ4n) is 1.62. The van der Waals surface area contributed by atoms with Crippen LogP contribution >= 0.6 is 0 Å². The molecule has 114 valence electrons. The molecule has 22 heavy (non-hydrogen) atoms. The van der Waals surface area contributed by atoms with E-state index in [0.29, 0.717) is 12.5 Å². The molecule has 1 aromatic carbocycles. The van der Waals surface area contributed by atoms with Gasteiger partial charge in [-0.1, -0.05) is 30.3 Å². The zero-order valence-corrected chi connectivity index (χ0v) is 12.1. The van der Waals surface area contributed by atoms with E-state index in [9.17, 15) is 9.90 Å². The molecule has 6 nitrogen and oxygen atoms in total. The molecule has 0 aliphatic heterocycles. The third-order valence-electron chi connectivity index (χ3n) is 2.63. The maximum atomic E-state index is 11.3. The van der Waals surface area contributed by atoms with Gasteiger partial charge in [0.05, 0.1) is 6.61 Å². The second-order valence-corrected chi connectivity index (χ2v) is 4.28. The standard InChI is InChI=1S/C16H16N2O4/c1-2-21-16(20)13(19)10-14-17-9-8-15(18-14)22-11-12-6-4-3-5-7-12/h3-10,19H,2,11H2,1H3. The Balaban J connectivity index is 2.03. The molecule has 2 aromatic rings. The number of aromatic nitrogens is 2. The Morgan fingerprint density at radius 1 is 1.27 bits per heavy atom. The van der Waals surface area contributed by atoms with Crippen LogP contribution in [0.3, 0.4) is 0 Å². The van der Waals surface area contributed by atoms with Crippen molar-refractivity contribution >= 4 is 12.0 Å². The van der Waals surface area contributed by atoms with Crippen LogP contribution in [0.25, 0.3) is 6.08 Å². The first kappa shape index (κ1) is 15.5. The molecule has 0 unspecified atom stereocenters. The Morgan fingerprint density at radius 3 is 2.77 bits per heavy atom. The van der Waals surface area contributed by atoms with E-state index >= 15 is 0 Å². The molecule has 2 rings (SSSR count). The lowest BCUT2D eigenvalue weighted by Crippen LogP contribution is -2.07. The summed E-state index contributed by atoms with van der Waals surface area (Å²) < 4.78 is 10.2. The van der Waals surface area contributed by atoms with Gasteiger partial charge in [0, 0.05) is 18.3 Å². The van der Waals surface area contributed by atoms with E-state index in [1.165, 1.54) is 6.20 Å². The average molecular weight is 300 g/mol. The van der Waals surface area contributed by atoms with Crippen LogP contribution in [-0.4, -0.2) is 27.7 Å². The summed E-state index contributed by atoms with van der Waals surface area (Å²) >= 11 is 0. The molecule has 1 aromatic heterocycles. The maximum Gasteiger partial charge on any atom is 0.373 e. The normalized spacial score (nSPS) is 11.0. The lowest BCUT2D eigenvalue weighted by Gasteiger charge is -2.05. The van der Waals surface area contributed by atoms with Gasteiger partial charge in [-0.2, -0.15) is 4.98 Å². The van der Waals surface area contributed by atoms with Crippen LogP contribution in [-0.2, 0) is 16.1 Å². The van der Waals surface area contributed by atoms with E-state index in [4.69, 9.17) is 4.74 Å². The van der Waals surface area contributed by atoms with Crippen LogP contribution in [0.2, 0.25) is 0 Å². The third kappa shape index (κ3) is 4.59. The number of carbonyl (C=O) groups is 1. The van der Waals surface area contributed by atoms with E-state index in [1.54, 1.807) is 13.0 Å². The monoisotopic (exact) mass is 300 g/mol. The first-order chi connectivity index (χ1) is 10.7. The first-order valence-electron chi connectivity index (χ1n) is 6.76. The van der Waals surface area contributed by atoms with Crippen molar-refractivity contribution in [2.75, 3.05) is 6.61 Å². The van der Waals surface area contributed by atoms with E-state index in [0.717, 1.165) is 11.6 Å². The maximum absolute atomic E-state index is 11.3. The summed E-state index contributed by atoms with van der Waals surface area (Å²) in [7, 11) is 0. The number of hydrogen-bond donors (Lipinski definition) is 1. The first-order valence-corrected chi connectivity index (χ1v) is 6.76. The molecule has 1 heterocycles. The Bertz CT molecular complexity index is 656. The van der Waals surface area contributed by atoms with Crippen molar-refractivity contribution in [2.45, 2.75) is 13.5 Å². The van der Waals surface area contributed by atoms with E-state index < -0.39 is 11.7 Å². The lowest BCUT2D eigenvalue weighted by molar-refractivity contribution is -0.141. The number of nitrogens with zero attached hydrogens (tertiary/aromatic N) is 2. The number of aliphatic hydroxyl groups is 1. The molecule has 0 spiro atoms. The summed E-state index contributed by atoms with van der Waals surface area (Å²) in [6.07, 6.45) is 2.62. The van der Waals surface area contributed by atoms with Crippen LogP contribution in [0.4, 0.5) is 0 Å². The number of hydrogen-bond acceptors (Lipinski definition) is 6. The topological polar surface area (TPSA) is 81.5 Å². The largest absolute Gasteiger partial charge is 0.502 e. The van der Waals surface area contributed by atoms with Gasteiger partial charge in [-0.05, 0) is 12.5 Å². The minimum atomic E-state index is -0.818. The predicted octanol–water partition coefficient (Wildman–Crippen LogP) is 2.52. The average Bonchev–Trinajstić information content (AvgIpc) is 2.54. The smallest absolute Gasteiger partial charge is 0.373 e. The van der Waals surface area contributed by atoms with Crippen molar-refractivity contribution in [2.24, 2.45) is 0 Å². The highest BCUT2D eigenvalue weighted by atomic mass is 16.5. The molecule has 0 radical (unpaired) electrons. The number of carbonyl (C=O) groups excluding carboxylic acids is 1. The van der Waals surface area contributed by atoms with Gasteiger partial charge in [0.25, 0.3) is 0 Å². The SMILES string of the molecule is CCOC(=O)C(O)=Cc1nccc(OCc2ccccc2)n1. The summed E-state index contributed by atoms with van der Waals surface area (Å²) in [5, 5.41) is 9.57. The Morgan fingerprint density at radius 2 is 2.05 bits per heavy atom. The highest BCUT2D eigenvalue weighted by Gasteiger charge is 2.09. The fraction of sp³-hybridized carbons (Fsp3) is 0.188. The number of aliphatic hydroxyl groups excluding tert-OH is 1. The molecule has 1 N–H and O–H groups in total. The zero-order valence-electron chi connectivity index (χ0n) is 12.1. The van der Waals surface area contributed by atoms with Gasteiger partial charge in [-0.15, -0.1) is 0 Å². The summed E-state index contributed by atoms with van der Waals surface area (Å²) in [6.45, 7) is 2.20. The summed E-state index contributed by atoms with van der Waals surface area (Å²) in [5.74, 6) is -0.860. The van der Waals surface area contributed by atoms with Crippen LogP contribution in [0.5, 0.6) is 5.88 Å². The zero-order chi connectivity index (χ0) is 15.8. The number of esters is 1. The molecule has 0 aliphatic carbocycles. The van der Waals surface area contributed by atoms with Gasteiger partial charge < -0.3 is 14.6 Å². The molecule has 0 bridgehead atoms. The van der Waals surface area contributed by atoms with Gasteiger partial charge >= 0.3 is 5.97 Å². The van der Waals surface area contributed by atoms with Crippen LogP contribution in [0, 0.1) is 0 Å². The van der Waals surface area contributed by atoms with Crippen LogP contribution in [0.15, 0.2) is 48.4 Å². The summed E-state index contributed by atoms with van der Waals surface area (Å²) in [4.78, 5) is 19.4. The van der Waals surface area contributed by atoms with Crippen molar-refractivity contribution in [1.29, 1.82) is 0 Å². The van der Waals surface area contributed by atoms with Gasteiger partial charge in [0.1, 0.15) is 6.61 Å². The van der Waals surface area contributed by atoms with E-state index in [-0.39, 0.29) is 12.4 Å². The second kappa shape index (κ2) is 7.78. The van der Waals surface area contributed by atoms with Crippen LogP contribution in [0.1, 0.15) is 18.3 Å². The molecule has 0 saturated carbocycles. The number of rotatable bonds is 6. The molecule has 0 aliphatic rings. The van der Waals surface area contributed by atoms with Crippen molar-refractivity contribution < 1.29 is 19.4 Å². The van der Waals surface area contributed by atoms with Gasteiger partial charge in [0.15, 0.2) is 5.82 Å². The lowest BCUT2D eigenvalue weighted by atomic mass is 10.2. The minimum Gasteiger partial charge on any atom is -0.502 e. The summed E-state index contributed by atoms with van der Waals surface area (Å²) in [6, 6.07) is 11.2. The molecular weight excluding hydrogens is 284 g/mol. The molecule has 6 heteroatoms. The second-order valence-electron chi connectivity index (χ2n) is 4.28. The van der Waals surface area contributed by atoms with E-state index in [1.807, 2.05) is 30.3 Å². The third-order valence-corrected chi connectivity index (χ3v) is 2.63. The molecule has 0 amide bonds. The fourth-order valence-corrected chi connectivity index (χ4v) is 1.62. The highest BCUT2D eigenvalue weighted by Crippen LogP contribution is 2.10. The minimum absolute atomic E-state index is 0.163. The quantitative estimate of drug-likeness (QED) is 0.501. The van der Waals surface area contributed by atoms with Gasteiger partial charge in [-0.25, -0.2) is 9.78 Å². The van der Waals surface area contributed by atoms with Crippen molar-refractivity contribution in [3.05, 3.63) is 59.7 Å². The predicted molar refractivity (Wildman–Crippen MR) is 80.0 cm³/mol. The molecule has 0 fully saturated rings. The summed E-state index contributed by atoms with van der Waals surface area (Å²) in [5.41, 5.74) is 1.01. The van der Waals surface area contributed by atoms with Crippen molar-refractivity contribution in [1.82, 2.24) is 9.97 Å². The Kier molecular flexibility index (Phi) is 5.48. The van der Waals surface area contributed by atoms with Crippen molar-refractivity contribution in [3.63, 3.8) is 0 Å². The highest BCUT2D eigenvalue weighted by molar-refractivity contribution is 5.90. The molecular formula is C16H16N2O4. The molecule has 0 atom stereocenters. The van der Waals surface area contributed by atoms with E-state index in [2.05, 4.69) is 14.7 Å². The van der Waals surface area contributed by atoms with Gasteiger partial charge in [-0.3, -0.25) is 0 Å². The molecule has 0 saturated heterocycles. The number of ether oxygens (including phenoxy) is 2. The van der Waals surface area contributed by atoms with Crippen molar-refractivity contribution in [3.8, 4) is 5.88 Å². The van der Waals surface area contributed by atoms with Crippen LogP contribution < -0.4 is 4.74 Å². The number of benzene rings is 1. The Hall–Kier alpha value is -2.89. The van der Waals surface area contributed by atoms with Gasteiger partial charge in [0.2, 0.25) is 11.6 Å².